The molecule has 0 aliphatic heterocycles. The van der Waals surface area contributed by atoms with Crippen molar-refractivity contribution in [2.45, 2.75) is 65.9 Å². The van der Waals surface area contributed by atoms with Gasteiger partial charge in [0.05, 0.1) is 6.10 Å². The molecule has 0 aliphatic rings. The normalized spacial score (nSPS) is 15.0. The lowest BCUT2D eigenvalue weighted by Crippen LogP contribution is -2.19. The molecule has 2 unspecified atom stereocenters. The van der Waals surface area contributed by atoms with Gasteiger partial charge in [0.1, 0.15) is 0 Å². The highest BCUT2D eigenvalue weighted by atomic mass is 16.5. The van der Waals surface area contributed by atoms with Gasteiger partial charge in [0, 0.05) is 6.61 Å². The summed E-state index contributed by atoms with van der Waals surface area (Å²) in [4.78, 5) is 0. The van der Waals surface area contributed by atoms with Crippen molar-refractivity contribution in [2.24, 2.45) is 5.92 Å². The lowest BCUT2D eigenvalue weighted by molar-refractivity contribution is 0.0360. The Morgan fingerprint density at radius 1 is 1.00 bits per heavy atom. The zero-order chi connectivity index (χ0) is 12.2. The van der Waals surface area contributed by atoms with Crippen LogP contribution in [0.1, 0.15) is 59.8 Å². The Morgan fingerprint density at radius 2 is 1.75 bits per heavy atom. The van der Waals surface area contributed by atoms with Crippen molar-refractivity contribution in [2.75, 3.05) is 19.7 Å². The fourth-order valence-electron chi connectivity index (χ4n) is 1.80. The lowest BCUT2D eigenvalue weighted by Gasteiger charge is -2.16. The first-order chi connectivity index (χ1) is 7.70. The summed E-state index contributed by atoms with van der Waals surface area (Å²) < 4.78 is 5.84. The maximum atomic E-state index is 5.84. The average molecular weight is 229 g/mol. The Bertz CT molecular complexity index is 139. The van der Waals surface area contributed by atoms with Gasteiger partial charge in [-0.2, -0.15) is 0 Å². The van der Waals surface area contributed by atoms with E-state index in [1.165, 1.54) is 32.1 Å². The molecule has 0 aromatic rings. The minimum atomic E-state index is 0.419. The molecule has 0 rings (SSSR count). The summed E-state index contributed by atoms with van der Waals surface area (Å²) in [5, 5.41) is 3.42. The maximum Gasteiger partial charge on any atom is 0.0547 e. The molecular formula is C14H31NO. The quantitative estimate of drug-likeness (QED) is 0.547. The molecule has 2 atom stereocenters. The molecule has 16 heavy (non-hydrogen) atoms. The van der Waals surface area contributed by atoms with Crippen LogP contribution in [0.4, 0.5) is 0 Å². The third-order valence-electron chi connectivity index (χ3n) is 2.84. The van der Waals surface area contributed by atoms with Crippen LogP contribution in [0.2, 0.25) is 0 Å². The molecular weight excluding hydrogens is 198 g/mol. The van der Waals surface area contributed by atoms with E-state index in [9.17, 15) is 0 Å². The standard InChI is InChI=1S/C14H31NO/c1-5-8-13(3)12-16-14(4)9-7-11-15-10-6-2/h13-15H,5-12H2,1-4H3. The fraction of sp³-hybridized carbons (Fsp3) is 1.00. The van der Waals surface area contributed by atoms with Crippen molar-refractivity contribution < 1.29 is 4.74 Å². The van der Waals surface area contributed by atoms with Crippen LogP contribution in [-0.2, 0) is 4.74 Å². The first-order valence-electron chi connectivity index (χ1n) is 7.03. The highest BCUT2D eigenvalue weighted by Gasteiger charge is 2.05. The first kappa shape index (κ1) is 15.9. The summed E-state index contributed by atoms with van der Waals surface area (Å²) in [6.07, 6.45) is 6.59. The summed E-state index contributed by atoms with van der Waals surface area (Å²) in [5.74, 6) is 0.714. The second-order valence-electron chi connectivity index (χ2n) is 4.93. The van der Waals surface area contributed by atoms with Gasteiger partial charge in [0.2, 0.25) is 0 Å². The number of ether oxygens (including phenoxy) is 1. The molecule has 2 heteroatoms. The summed E-state index contributed by atoms with van der Waals surface area (Å²) >= 11 is 0. The van der Waals surface area contributed by atoms with Gasteiger partial charge in [-0.25, -0.2) is 0 Å². The Kier molecular flexibility index (Phi) is 11.3. The Balaban J connectivity index is 3.27. The van der Waals surface area contributed by atoms with Crippen LogP contribution >= 0.6 is 0 Å². The molecule has 0 aromatic carbocycles. The summed E-state index contributed by atoms with van der Waals surface area (Å²) in [5.41, 5.74) is 0. The van der Waals surface area contributed by atoms with Gasteiger partial charge in [-0.3, -0.25) is 0 Å². The molecule has 0 saturated heterocycles. The van der Waals surface area contributed by atoms with Crippen molar-refractivity contribution in [3.8, 4) is 0 Å². The Hall–Kier alpha value is -0.0800. The third-order valence-corrected chi connectivity index (χ3v) is 2.84. The number of rotatable bonds is 11. The minimum absolute atomic E-state index is 0.419. The van der Waals surface area contributed by atoms with Gasteiger partial charge in [-0.15, -0.1) is 0 Å². The van der Waals surface area contributed by atoms with E-state index < -0.39 is 0 Å². The second kappa shape index (κ2) is 11.4. The molecule has 0 radical (unpaired) electrons. The molecule has 0 aliphatic carbocycles. The van der Waals surface area contributed by atoms with Gasteiger partial charge in [-0.1, -0.05) is 27.2 Å². The second-order valence-corrected chi connectivity index (χ2v) is 4.93. The van der Waals surface area contributed by atoms with E-state index in [1.54, 1.807) is 0 Å². The summed E-state index contributed by atoms with van der Waals surface area (Å²) in [6, 6.07) is 0. The van der Waals surface area contributed by atoms with Gasteiger partial charge < -0.3 is 10.1 Å². The maximum absolute atomic E-state index is 5.84. The monoisotopic (exact) mass is 229 g/mol. The molecule has 0 fully saturated rings. The number of hydrogen-bond donors (Lipinski definition) is 1. The van der Waals surface area contributed by atoms with E-state index in [0.29, 0.717) is 12.0 Å². The summed E-state index contributed by atoms with van der Waals surface area (Å²) in [7, 11) is 0. The molecule has 0 aromatic heterocycles. The van der Waals surface area contributed by atoms with E-state index in [1.807, 2.05) is 0 Å². The smallest absolute Gasteiger partial charge is 0.0547 e. The highest BCUT2D eigenvalue weighted by molar-refractivity contribution is 4.56. The van der Waals surface area contributed by atoms with Gasteiger partial charge in [0.25, 0.3) is 0 Å². The molecule has 0 bridgehead atoms. The van der Waals surface area contributed by atoms with E-state index >= 15 is 0 Å². The van der Waals surface area contributed by atoms with Crippen LogP contribution in [0.5, 0.6) is 0 Å². The predicted octanol–water partition coefficient (Wildman–Crippen LogP) is 3.61. The van der Waals surface area contributed by atoms with Crippen LogP contribution < -0.4 is 5.32 Å². The topological polar surface area (TPSA) is 21.3 Å². The van der Waals surface area contributed by atoms with Crippen LogP contribution in [0.15, 0.2) is 0 Å². The Morgan fingerprint density at radius 3 is 2.38 bits per heavy atom. The molecule has 0 saturated carbocycles. The number of hydrogen-bond acceptors (Lipinski definition) is 2. The van der Waals surface area contributed by atoms with E-state index in [4.69, 9.17) is 4.74 Å². The molecule has 2 nitrogen and oxygen atoms in total. The van der Waals surface area contributed by atoms with Crippen LogP contribution in [-0.4, -0.2) is 25.8 Å². The zero-order valence-corrected chi connectivity index (χ0v) is 11.7. The minimum Gasteiger partial charge on any atom is -0.378 e. The Labute approximate surface area is 102 Å². The fourth-order valence-corrected chi connectivity index (χ4v) is 1.80. The molecule has 0 amide bonds. The number of nitrogens with one attached hydrogen (secondary N) is 1. The van der Waals surface area contributed by atoms with Crippen molar-refractivity contribution in [1.82, 2.24) is 5.32 Å². The largest absolute Gasteiger partial charge is 0.378 e. The van der Waals surface area contributed by atoms with E-state index in [0.717, 1.165) is 19.7 Å². The lowest BCUT2D eigenvalue weighted by atomic mass is 10.1. The molecule has 0 heterocycles. The third kappa shape index (κ3) is 10.4. The van der Waals surface area contributed by atoms with E-state index in [-0.39, 0.29) is 0 Å². The first-order valence-corrected chi connectivity index (χ1v) is 7.03. The van der Waals surface area contributed by atoms with Gasteiger partial charge in [-0.05, 0) is 51.6 Å². The molecule has 0 spiro atoms. The summed E-state index contributed by atoms with van der Waals surface area (Å²) in [6.45, 7) is 12.1. The van der Waals surface area contributed by atoms with Crippen molar-refractivity contribution in [3.63, 3.8) is 0 Å². The zero-order valence-electron chi connectivity index (χ0n) is 11.7. The SMILES string of the molecule is CCCNCCCC(C)OCC(C)CCC. The van der Waals surface area contributed by atoms with Gasteiger partial charge >= 0.3 is 0 Å². The van der Waals surface area contributed by atoms with E-state index in [2.05, 4.69) is 33.0 Å². The molecule has 1 N–H and O–H groups in total. The van der Waals surface area contributed by atoms with Gasteiger partial charge in [0.15, 0.2) is 0 Å². The van der Waals surface area contributed by atoms with Crippen molar-refractivity contribution in [3.05, 3.63) is 0 Å². The van der Waals surface area contributed by atoms with Crippen LogP contribution in [0, 0.1) is 5.92 Å². The van der Waals surface area contributed by atoms with Crippen LogP contribution in [0.3, 0.4) is 0 Å². The molecule has 98 valence electrons. The average Bonchev–Trinajstić information content (AvgIpc) is 2.26. The predicted molar refractivity (Wildman–Crippen MR) is 71.9 cm³/mol. The highest BCUT2D eigenvalue weighted by Crippen LogP contribution is 2.08. The van der Waals surface area contributed by atoms with Crippen molar-refractivity contribution >= 4 is 0 Å². The van der Waals surface area contributed by atoms with Crippen LogP contribution in [0.25, 0.3) is 0 Å². The van der Waals surface area contributed by atoms with Crippen molar-refractivity contribution in [1.29, 1.82) is 0 Å².